The fraction of sp³-hybridized carbons (Fsp3) is 0.483. The number of aliphatic carboxylic acids is 1. The summed E-state index contributed by atoms with van der Waals surface area (Å²) in [6.07, 6.45) is 4.94. The zero-order valence-electron chi connectivity index (χ0n) is 20.9. The fourth-order valence-electron chi connectivity index (χ4n) is 6.49. The molecule has 36 heavy (non-hydrogen) atoms. The molecule has 2 aromatic rings. The van der Waals surface area contributed by atoms with E-state index in [9.17, 15) is 19.5 Å². The molecule has 7 nitrogen and oxygen atoms in total. The number of hydrogen-bond acceptors (Lipinski definition) is 5. The number of para-hydroxylation sites is 1. The summed E-state index contributed by atoms with van der Waals surface area (Å²) in [5.74, 6) is -1.89. The smallest absolute Gasteiger partial charge is 0.324 e. The molecule has 2 heterocycles. The average Bonchev–Trinajstić information content (AvgIpc) is 3.34. The third-order valence-corrected chi connectivity index (χ3v) is 7.96. The number of hydrogen-bond donors (Lipinski definition) is 2. The van der Waals surface area contributed by atoms with Crippen molar-refractivity contribution in [3.05, 3.63) is 60.2 Å². The Labute approximate surface area is 211 Å². The minimum absolute atomic E-state index is 0.0290. The van der Waals surface area contributed by atoms with Crippen LogP contribution in [0, 0.1) is 17.8 Å². The van der Waals surface area contributed by atoms with Crippen LogP contribution in [0.25, 0.3) is 0 Å². The maximum absolute atomic E-state index is 13.8. The lowest BCUT2D eigenvalue weighted by molar-refractivity contribution is -0.153. The van der Waals surface area contributed by atoms with Gasteiger partial charge in [-0.3, -0.25) is 24.6 Å². The van der Waals surface area contributed by atoms with E-state index in [1.54, 1.807) is 0 Å². The van der Waals surface area contributed by atoms with E-state index in [1.165, 1.54) is 4.90 Å². The van der Waals surface area contributed by atoms with E-state index < -0.39 is 29.4 Å². The third kappa shape index (κ3) is 4.19. The standard InChI is InChI=1S/C29H34N2O5/c1-18(2)17-29(28(34)35)24-23(26(32)31(27(24)33)20-9-5-3-6-10-20)25(30-29)19-13-15-22(16-14-19)36-21-11-7-4-8-12-21/h4,7-8,11-16,18,20,23-25,30H,3,5-6,9-10,17H2,1-2H3,(H,34,35). The van der Waals surface area contributed by atoms with Gasteiger partial charge in [-0.15, -0.1) is 0 Å². The molecule has 4 unspecified atom stereocenters. The second-order valence-corrected chi connectivity index (χ2v) is 10.8. The van der Waals surface area contributed by atoms with Crippen LogP contribution in [0.4, 0.5) is 0 Å². The van der Waals surface area contributed by atoms with Crippen molar-refractivity contribution in [1.29, 1.82) is 0 Å². The highest BCUT2D eigenvalue weighted by atomic mass is 16.5. The van der Waals surface area contributed by atoms with Crippen molar-refractivity contribution in [2.24, 2.45) is 17.8 Å². The monoisotopic (exact) mass is 490 g/mol. The SMILES string of the molecule is CC(C)CC1(C(=O)O)NC(c2ccc(Oc3ccccc3)cc2)C2C(=O)N(C3CCCCC3)C(=O)C21. The van der Waals surface area contributed by atoms with Crippen molar-refractivity contribution in [3.8, 4) is 11.5 Å². The summed E-state index contributed by atoms with van der Waals surface area (Å²) in [7, 11) is 0. The number of nitrogens with one attached hydrogen (secondary N) is 1. The van der Waals surface area contributed by atoms with Gasteiger partial charge < -0.3 is 9.84 Å². The van der Waals surface area contributed by atoms with Gasteiger partial charge in [0.15, 0.2) is 0 Å². The molecule has 5 rings (SSSR count). The molecular formula is C29H34N2O5. The summed E-state index contributed by atoms with van der Waals surface area (Å²) in [4.78, 5) is 41.9. The van der Waals surface area contributed by atoms with Crippen molar-refractivity contribution in [1.82, 2.24) is 10.2 Å². The number of ether oxygens (including phenoxy) is 1. The van der Waals surface area contributed by atoms with Crippen LogP contribution < -0.4 is 10.1 Å². The Balaban J connectivity index is 1.50. The lowest BCUT2D eigenvalue weighted by Crippen LogP contribution is -2.57. The van der Waals surface area contributed by atoms with Crippen LogP contribution in [-0.4, -0.2) is 39.4 Å². The van der Waals surface area contributed by atoms with Crippen molar-refractivity contribution < 1.29 is 24.2 Å². The molecule has 2 N–H and O–H groups in total. The highest BCUT2D eigenvalue weighted by molar-refractivity contribution is 6.09. The summed E-state index contributed by atoms with van der Waals surface area (Å²) in [6, 6.07) is 16.1. The van der Waals surface area contributed by atoms with E-state index in [2.05, 4.69) is 5.32 Å². The van der Waals surface area contributed by atoms with Gasteiger partial charge in [-0.1, -0.05) is 63.4 Å². The van der Waals surface area contributed by atoms with Crippen LogP contribution >= 0.6 is 0 Å². The van der Waals surface area contributed by atoms with Crippen molar-refractivity contribution in [2.75, 3.05) is 0 Å². The summed E-state index contributed by atoms with van der Waals surface area (Å²) < 4.78 is 5.91. The normalized spacial score (nSPS) is 28.5. The molecule has 7 heteroatoms. The van der Waals surface area contributed by atoms with Crippen molar-refractivity contribution in [3.63, 3.8) is 0 Å². The first kappa shape index (κ1) is 24.5. The molecule has 2 saturated heterocycles. The van der Waals surface area contributed by atoms with E-state index in [1.807, 2.05) is 68.4 Å². The summed E-state index contributed by atoms with van der Waals surface area (Å²) in [6.45, 7) is 3.90. The van der Waals surface area contributed by atoms with E-state index >= 15 is 0 Å². The second-order valence-electron chi connectivity index (χ2n) is 10.8. The van der Waals surface area contributed by atoms with Crippen LogP contribution in [0.2, 0.25) is 0 Å². The minimum atomic E-state index is -1.49. The Kier molecular flexibility index (Phi) is 6.60. The number of carbonyl (C=O) groups excluding carboxylic acids is 2. The Hall–Kier alpha value is -3.19. The van der Waals surface area contributed by atoms with Gasteiger partial charge in [0.1, 0.15) is 17.0 Å². The molecule has 4 atom stereocenters. The van der Waals surface area contributed by atoms with Crippen LogP contribution in [0.3, 0.4) is 0 Å². The van der Waals surface area contributed by atoms with E-state index in [4.69, 9.17) is 4.74 Å². The molecule has 0 spiro atoms. The lowest BCUT2D eigenvalue weighted by atomic mass is 9.75. The fourth-order valence-corrected chi connectivity index (χ4v) is 6.49. The first-order valence-corrected chi connectivity index (χ1v) is 13.0. The zero-order chi connectivity index (χ0) is 25.4. The second kappa shape index (κ2) is 9.69. The summed E-state index contributed by atoms with van der Waals surface area (Å²) in [5.41, 5.74) is -0.706. The van der Waals surface area contributed by atoms with Gasteiger partial charge in [0, 0.05) is 12.1 Å². The van der Waals surface area contributed by atoms with Crippen molar-refractivity contribution in [2.45, 2.75) is 70.0 Å². The van der Waals surface area contributed by atoms with Crippen molar-refractivity contribution >= 4 is 17.8 Å². The Morgan fingerprint density at radius 1 is 1.00 bits per heavy atom. The number of carbonyl (C=O) groups is 3. The number of likely N-dealkylation sites (tertiary alicyclic amines) is 1. The molecular weight excluding hydrogens is 456 g/mol. The van der Waals surface area contributed by atoms with Gasteiger partial charge in [0.25, 0.3) is 0 Å². The van der Waals surface area contributed by atoms with Gasteiger partial charge in [0.05, 0.1) is 11.8 Å². The number of rotatable bonds is 7. The largest absolute Gasteiger partial charge is 0.480 e. The van der Waals surface area contributed by atoms with Gasteiger partial charge in [0.2, 0.25) is 11.8 Å². The Morgan fingerprint density at radius 2 is 1.64 bits per heavy atom. The predicted molar refractivity (Wildman–Crippen MR) is 134 cm³/mol. The van der Waals surface area contributed by atoms with E-state index in [-0.39, 0.29) is 30.2 Å². The quantitative estimate of drug-likeness (QED) is 0.535. The molecule has 1 aliphatic carbocycles. The molecule has 3 aliphatic rings. The first-order valence-electron chi connectivity index (χ1n) is 13.0. The number of carboxylic acids is 1. The Morgan fingerprint density at radius 3 is 2.25 bits per heavy atom. The number of nitrogens with zero attached hydrogens (tertiary/aromatic N) is 1. The van der Waals surface area contributed by atoms with Crippen LogP contribution in [-0.2, 0) is 14.4 Å². The van der Waals surface area contributed by atoms with Gasteiger partial charge in [-0.25, -0.2) is 0 Å². The number of carboxylic acid groups (broad SMARTS) is 1. The predicted octanol–water partition coefficient (Wildman–Crippen LogP) is 4.93. The topological polar surface area (TPSA) is 95.9 Å². The van der Waals surface area contributed by atoms with Gasteiger partial charge in [-0.2, -0.15) is 0 Å². The Bertz CT molecular complexity index is 1130. The number of benzene rings is 2. The summed E-state index contributed by atoms with van der Waals surface area (Å²) in [5, 5.41) is 13.8. The number of amides is 2. The molecule has 0 bridgehead atoms. The molecule has 2 aliphatic heterocycles. The first-order chi connectivity index (χ1) is 17.3. The average molecular weight is 491 g/mol. The molecule has 0 aromatic heterocycles. The van der Waals surface area contributed by atoms with Gasteiger partial charge in [-0.05, 0) is 55.0 Å². The maximum atomic E-state index is 13.8. The third-order valence-electron chi connectivity index (χ3n) is 7.96. The van der Waals surface area contributed by atoms with E-state index in [0.29, 0.717) is 11.5 Å². The number of fused-ring (bicyclic) bond motifs is 1. The molecule has 1 saturated carbocycles. The van der Waals surface area contributed by atoms with E-state index in [0.717, 1.165) is 37.7 Å². The van der Waals surface area contributed by atoms with Crippen LogP contribution in [0.1, 0.15) is 64.0 Å². The lowest BCUT2D eigenvalue weighted by Gasteiger charge is -2.35. The number of imide groups is 1. The highest BCUT2D eigenvalue weighted by Crippen LogP contribution is 2.52. The molecule has 3 fully saturated rings. The molecule has 0 radical (unpaired) electrons. The maximum Gasteiger partial charge on any atom is 0.324 e. The minimum Gasteiger partial charge on any atom is -0.480 e. The van der Waals surface area contributed by atoms with Gasteiger partial charge >= 0.3 is 5.97 Å². The highest BCUT2D eigenvalue weighted by Gasteiger charge is 2.69. The molecule has 2 aromatic carbocycles. The zero-order valence-corrected chi connectivity index (χ0v) is 20.9. The summed E-state index contributed by atoms with van der Waals surface area (Å²) >= 11 is 0. The van der Waals surface area contributed by atoms with Crippen LogP contribution in [0.15, 0.2) is 54.6 Å². The van der Waals surface area contributed by atoms with Crippen LogP contribution in [0.5, 0.6) is 11.5 Å². The molecule has 2 amide bonds. The molecule has 190 valence electrons.